The van der Waals surface area contributed by atoms with Gasteiger partial charge in [0, 0.05) is 4.47 Å². The van der Waals surface area contributed by atoms with Gasteiger partial charge in [-0.05, 0) is 29.8 Å². The second-order valence-corrected chi connectivity index (χ2v) is 4.47. The smallest absolute Gasteiger partial charge is 0.233 e. The summed E-state index contributed by atoms with van der Waals surface area (Å²) >= 11 is 8.95. The maximum Gasteiger partial charge on any atom is 0.233 e. The number of aromatic nitrogens is 3. The molecule has 3 N–H and O–H groups in total. The quantitative estimate of drug-likeness (QED) is 0.879. The fraction of sp³-hybridized carbons (Fsp3) is 0. The molecule has 2 rings (SSSR count). The summed E-state index contributed by atoms with van der Waals surface area (Å²) in [5.41, 5.74) is 6.45. The van der Waals surface area contributed by atoms with Gasteiger partial charge in [-0.15, -0.1) is 0 Å². The first-order valence-corrected chi connectivity index (χ1v) is 5.89. The molecule has 90 valence electrons. The van der Waals surface area contributed by atoms with Crippen molar-refractivity contribution in [3.05, 3.63) is 33.5 Å². The summed E-state index contributed by atoms with van der Waals surface area (Å²) in [4.78, 5) is 11.4. The predicted molar refractivity (Wildman–Crippen MR) is 71.4 cm³/mol. The molecular formula is C10H6BrClN6. The molecule has 0 saturated heterocycles. The molecule has 1 aromatic heterocycles. The summed E-state index contributed by atoms with van der Waals surface area (Å²) in [6.45, 7) is 0. The molecule has 0 unspecified atom stereocenters. The van der Waals surface area contributed by atoms with Gasteiger partial charge in [0.25, 0.3) is 0 Å². The molecule has 0 bridgehead atoms. The maximum absolute atomic E-state index is 9.02. The van der Waals surface area contributed by atoms with Crippen molar-refractivity contribution in [3.63, 3.8) is 0 Å². The van der Waals surface area contributed by atoms with E-state index in [9.17, 15) is 0 Å². The van der Waals surface area contributed by atoms with Crippen LogP contribution < -0.4 is 11.1 Å². The fourth-order valence-corrected chi connectivity index (χ4v) is 1.79. The van der Waals surface area contributed by atoms with E-state index < -0.39 is 0 Å². The molecule has 0 amide bonds. The van der Waals surface area contributed by atoms with Gasteiger partial charge in [-0.1, -0.05) is 15.9 Å². The number of hydrogen-bond donors (Lipinski definition) is 2. The van der Waals surface area contributed by atoms with Gasteiger partial charge in [-0.3, -0.25) is 0 Å². The zero-order valence-corrected chi connectivity index (χ0v) is 11.2. The van der Waals surface area contributed by atoms with E-state index >= 15 is 0 Å². The molecule has 8 heteroatoms. The summed E-state index contributed by atoms with van der Waals surface area (Å²) in [5, 5.41) is 11.9. The highest BCUT2D eigenvalue weighted by Gasteiger charge is 2.07. The summed E-state index contributed by atoms with van der Waals surface area (Å²) < 4.78 is 0.804. The Balaban J connectivity index is 2.37. The summed E-state index contributed by atoms with van der Waals surface area (Å²) in [5.74, 6) is 0.194. The van der Waals surface area contributed by atoms with Crippen molar-refractivity contribution in [3.8, 4) is 6.07 Å². The Morgan fingerprint density at radius 2 is 2.11 bits per heavy atom. The molecule has 18 heavy (non-hydrogen) atoms. The lowest BCUT2D eigenvalue weighted by Gasteiger charge is -2.07. The summed E-state index contributed by atoms with van der Waals surface area (Å²) in [6.07, 6.45) is 0. The largest absolute Gasteiger partial charge is 0.368 e. The van der Waals surface area contributed by atoms with Crippen LogP contribution in [0.3, 0.4) is 0 Å². The van der Waals surface area contributed by atoms with Crippen molar-refractivity contribution in [2.45, 2.75) is 0 Å². The molecule has 0 aliphatic heterocycles. The molecule has 0 aliphatic rings. The standard InChI is InChI=1S/C10H6BrClN6/c11-6-1-2-7(5(3-6)4-13)15-10-17-8(12)16-9(14)18-10/h1-3H,(H3,14,15,16,17,18). The van der Waals surface area contributed by atoms with Crippen LogP contribution in [0, 0.1) is 11.3 Å². The number of nitrogens with zero attached hydrogens (tertiary/aromatic N) is 4. The van der Waals surface area contributed by atoms with Crippen molar-refractivity contribution in [2.75, 3.05) is 11.1 Å². The SMILES string of the molecule is N#Cc1cc(Br)ccc1Nc1nc(N)nc(Cl)n1. The topological polar surface area (TPSA) is 101 Å². The molecule has 0 spiro atoms. The number of nitriles is 1. The molecular weight excluding hydrogens is 320 g/mol. The molecule has 2 aromatic rings. The van der Waals surface area contributed by atoms with Gasteiger partial charge in [0.15, 0.2) is 0 Å². The van der Waals surface area contributed by atoms with Crippen LogP contribution in [0.5, 0.6) is 0 Å². The average Bonchev–Trinajstić information content (AvgIpc) is 2.30. The second-order valence-electron chi connectivity index (χ2n) is 3.21. The minimum atomic E-state index is -0.0133. The molecule has 1 heterocycles. The normalized spacial score (nSPS) is 9.83. The van der Waals surface area contributed by atoms with Crippen LogP contribution in [0.1, 0.15) is 5.56 Å². The number of hydrogen-bond acceptors (Lipinski definition) is 6. The molecule has 1 aromatic carbocycles. The first kappa shape index (κ1) is 12.5. The van der Waals surface area contributed by atoms with Gasteiger partial charge in [0.1, 0.15) is 6.07 Å². The van der Waals surface area contributed by atoms with Crippen molar-refractivity contribution in [2.24, 2.45) is 0 Å². The van der Waals surface area contributed by atoms with E-state index in [0.29, 0.717) is 11.3 Å². The first-order valence-electron chi connectivity index (χ1n) is 4.72. The van der Waals surface area contributed by atoms with Crippen LogP contribution >= 0.6 is 27.5 Å². The zero-order chi connectivity index (χ0) is 13.1. The number of benzene rings is 1. The molecule has 0 radical (unpaired) electrons. The zero-order valence-electron chi connectivity index (χ0n) is 8.85. The molecule has 0 saturated carbocycles. The third-order valence-corrected chi connectivity index (χ3v) is 2.64. The predicted octanol–water partition coefficient (Wildman–Crippen LogP) is 2.48. The Labute approximate surface area is 116 Å². The fourth-order valence-electron chi connectivity index (χ4n) is 1.26. The van der Waals surface area contributed by atoms with Crippen molar-refractivity contribution >= 4 is 45.1 Å². The highest BCUT2D eigenvalue weighted by atomic mass is 79.9. The third kappa shape index (κ3) is 2.85. The van der Waals surface area contributed by atoms with Crippen LogP contribution in [-0.2, 0) is 0 Å². The Morgan fingerprint density at radius 3 is 2.78 bits per heavy atom. The van der Waals surface area contributed by atoms with Gasteiger partial charge < -0.3 is 11.1 Å². The van der Waals surface area contributed by atoms with Crippen molar-refractivity contribution < 1.29 is 0 Å². The van der Waals surface area contributed by atoms with E-state index in [1.165, 1.54) is 0 Å². The van der Waals surface area contributed by atoms with Crippen LogP contribution in [0.25, 0.3) is 0 Å². The average molecular weight is 326 g/mol. The van der Waals surface area contributed by atoms with Crippen LogP contribution in [-0.4, -0.2) is 15.0 Å². The minimum Gasteiger partial charge on any atom is -0.368 e. The third-order valence-electron chi connectivity index (χ3n) is 1.97. The first-order chi connectivity index (χ1) is 8.58. The van der Waals surface area contributed by atoms with E-state index in [1.807, 2.05) is 0 Å². The van der Waals surface area contributed by atoms with E-state index in [2.05, 4.69) is 42.3 Å². The van der Waals surface area contributed by atoms with Gasteiger partial charge in [-0.2, -0.15) is 20.2 Å². The molecule has 0 aliphatic carbocycles. The van der Waals surface area contributed by atoms with Crippen molar-refractivity contribution in [1.29, 1.82) is 5.26 Å². The lowest BCUT2D eigenvalue weighted by atomic mass is 10.2. The van der Waals surface area contributed by atoms with Gasteiger partial charge in [-0.25, -0.2) is 0 Å². The van der Waals surface area contributed by atoms with Gasteiger partial charge in [0.2, 0.25) is 17.2 Å². The van der Waals surface area contributed by atoms with Gasteiger partial charge >= 0.3 is 0 Å². The Hall–Kier alpha value is -1.91. The second kappa shape index (κ2) is 5.16. The number of halogens is 2. The van der Waals surface area contributed by atoms with E-state index in [0.717, 1.165) is 4.47 Å². The number of nitrogen functional groups attached to an aromatic ring is 1. The molecule has 0 atom stereocenters. The minimum absolute atomic E-state index is 0.00752. The van der Waals surface area contributed by atoms with Crippen LogP contribution in [0.15, 0.2) is 22.7 Å². The summed E-state index contributed by atoms with van der Waals surface area (Å²) in [7, 11) is 0. The number of nitrogens with two attached hydrogens (primary N) is 1. The van der Waals surface area contributed by atoms with Gasteiger partial charge in [0.05, 0.1) is 11.3 Å². The Bertz CT molecular complexity index is 619. The Kier molecular flexibility index (Phi) is 3.60. The Morgan fingerprint density at radius 1 is 1.33 bits per heavy atom. The van der Waals surface area contributed by atoms with Crippen LogP contribution in [0.4, 0.5) is 17.6 Å². The monoisotopic (exact) mass is 324 g/mol. The maximum atomic E-state index is 9.02. The molecule has 6 nitrogen and oxygen atoms in total. The lowest BCUT2D eigenvalue weighted by Crippen LogP contribution is -2.04. The highest BCUT2D eigenvalue weighted by Crippen LogP contribution is 2.23. The highest BCUT2D eigenvalue weighted by molar-refractivity contribution is 9.10. The number of nitrogens with one attached hydrogen (secondary N) is 1. The van der Waals surface area contributed by atoms with Crippen molar-refractivity contribution in [1.82, 2.24) is 15.0 Å². The summed E-state index contributed by atoms with van der Waals surface area (Å²) in [6, 6.07) is 7.24. The lowest BCUT2D eigenvalue weighted by molar-refractivity contribution is 1.07. The molecule has 0 fully saturated rings. The van der Waals surface area contributed by atoms with E-state index in [4.69, 9.17) is 22.6 Å². The van der Waals surface area contributed by atoms with E-state index in [1.54, 1.807) is 18.2 Å². The van der Waals surface area contributed by atoms with Crippen LogP contribution in [0.2, 0.25) is 5.28 Å². The number of anilines is 3. The van der Waals surface area contributed by atoms with E-state index in [-0.39, 0.29) is 17.2 Å². The number of rotatable bonds is 2.